The highest BCUT2D eigenvalue weighted by atomic mass is 35.5. The largest absolute Gasteiger partial charge is 0.506 e. The van der Waals surface area contributed by atoms with Gasteiger partial charge in [0.1, 0.15) is 11.5 Å². The fraction of sp³-hybridized carbons (Fsp3) is 0.300. The third-order valence-corrected chi connectivity index (χ3v) is 4.74. The molecule has 0 bridgehead atoms. The highest BCUT2D eigenvalue weighted by Gasteiger charge is 2.20. The molecule has 1 aliphatic heterocycles. The van der Waals surface area contributed by atoms with E-state index in [2.05, 4.69) is 15.8 Å². The van der Waals surface area contributed by atoms with Crippen LogP contribution < -0.4 is 20.5 Å². The van der Waals surface area contributed by atoms with Crippen molar-refractivity contribution >= 4 is 29.1 Å². The molecule has 154 valence electrons. The summed E-state index contributed by atoms with van der Waals surface area (Å²) in [6.07, 6.45) is 0. The number of halogens is 1. The van der Waals surface area contributed by atoms with Crippen LogP contribution in [0.25, 0.3) is 0 Å². The van der Waals surface area contributed by atoms with Crippen molar-refractivity contribution < 1.29 is 19.4 Å². The fourth-order valence-electron chi connectivity index (χ4n) is 2.98. The van der Waals surface area contributed by atoms with Crippen LogP contribution in [0.3, 0.4) is 0 Å². The van der Waals surface area contributed by atoms with E-state index in [0.717, 1.165) is 5.69 Å². The standard InChI is InChI=1S/C20H23ClN4O4/c21-15-5-7-16(8-6-15)29-14-20(28)23-22-19(27)13-24-9-11-25(12-10-24)17-3-1-2-4-18(17)26/h1-8,26H,9-14H2,(H,22,27)(H,23,28). The molecule has 0 aliphatic carbocycles. The molecule has 2 aromatic carbocycles. The lowest BCUT2D eigenvalue weighted by Crippen LogP contribution is -2.52. The van der Waals surface area contributed by atoms with E-state index in [1.807, 2.05) is 17.0 Å². The van der Waals surface area contributed by atoms with Gasteiger partial charge < -0.3 is 14.7 Å². The molecule has 2 aromatic rings. The summed E-state index contributed by atoms with van der Waals surface area (Å²) in [5, 5.41) is 10.5. The number of benzene rings is 2. The molecule has 2 amide bonds. The van der Waals surface area contributed by atoms with Gasteiger partial charge in [-0.1, -0.05) is 23.7 Å². The molecule has 3 rings (SSSR count). The minimum atomic E-state index is -0.460. The van der Waals surface area contributed by atoms with Gasteiger partial charge in [-0.25, -0.2) is 0 Å². The lowest BCUT2D eigenvalue weighted by molar-refractivity contribution is -0.130. The smallest absolute Gasteiger partial charge is 0.276 e. The van der Waals surface area contributed by atoms with Gasteiger partial charge in [0.2, 0.25) is 0 Å². The number of nitrogens with one attached hydrogen (secondary N) is 2. The quantitative estimate of drug-likeness (QED) is 0.614. The summed E-state index contributed by atoms with van der Waals surface area (Å²) in [5.41, 5.74) is 5.52. The van der Waals surface area contributed by atoms with Crippen molar-refractivity contribution in [2.24, 2.45) is 0 Å². The van der Waals surface area contributed by atoms with Crippen molar-refractivity contribution in [3.05, 3.63) is 53.6 Å². The Labute approximate surface area is 174 Å². The number of hydrogen-bond donors (Lipinski definition) is 3. The number of phenols is 1. The Morgan fingerprint density at radius 1 is 0.966 bits per heavy atom. The number of para-hydroxylation sites is 2. The maximum absolute atomic E-state index is 12.1. The van der Waals surface area contributed by atoms with Crippen LogP contribution >= 0.6 is 11.6 Å². The van der Waals surface area contributed by atoms with Crippen LogP contribution in [0.4, 0.5) is 5.69 Å². The average Bonchev–Trinajstić information content (AvgIpc) is 2.73. The Morgan fingerprint density at radius 2 is 1.62 bits per heavy atom. The molecule has 9 heteroatoms. The van der Waals surface area contributed by atoms with E-state index in [0.29, 0.717) is 37.0 Å². The fourth-order valence-corrected chi connectivity index (χ4v) is 3.10. The monoisotopic (exact) mass is 418 g/mol. The minimum Gasteiger partial charge on any atom is -0.506 e. The predicted molar refractivity (Wildman–Crippen MR) is 110 cm³/mol. The van der Waals surface area contributed by atoms with E-state index >= 15 is 0 Å². The summed E-state index contributed by atoms with van der Waals surface area (Å²) < 4.78 is 5.31. The second-order valence-corrected chi connectivity index (χ2v) is 7.03. The highest BCUT2D eigenvalue weighted by molar-refractivity contribution is 6.30. The van der Waals surface area contributed by atoms with Gasteiger partial charge in [0.15, 0.2) is 6.61 Å². The van der Waals surface area contributed by atoms with Gasteiger partial charge in [-0.15, -0.1) is 0 Å². The maximum Gasteiger partial charge on any atom is 0.276 e. The second-order valence-electron chi connectivity index (χ2n) is 6.59. The number of amides is 2. The maximum atomic E-state index is 12.1. The third-order valence-electron chi connectivity index (χ3n) is 4.49. The lowest BCUT2D eigenvalue weighted by atomic mass is 10.2. The second kappa shape index (κ2) is 9.99. The first-order chi connectivity index (χ1) is 14.0. The molecule has 0 aromatic heterocycles. The SMILES string of the molecule is O=C(COc1ccc(Cl)cc1)NNC(=O)CN1CCN(c2ccccc2O)CC1. The average molecular weight is 419 g/mol. The third kappa shape index (κ3) is 6.27. The van der Waals surface area contributed by atoms with Crippen LogP contribution in [0.5, 0.6) is 11.5 Å². The number of anilines is 1. The molecular formula is C20H23ClN4O4. The predicted octanol–water partition coefficient (Wildman–Crippen LogP) is 1.39. The summed E-state index contributed by atoms with van der Waals surface area (Å²) in [6, 6.07) is 13.8. The molecule has 3 N–H and O–H groups in total. The number of carbonyl (C=O) groups is 2. The van der Waals surface area contributed by atoms with Gasteiger partial charge in [-0.05, 0) is 36.4 Å². The zero-order chi connectivity index (χ0) is 20.6. The summed E-state index contributed by atoms with van der Waals surface area (Å²) >= 11 is 5.78. The van der Waals surface area contributed by atoms with Crippen LogP contribution in [-0.4, -0.2) is 61.2 Å². The van der Waals surface area contributed by atoms with E-state index < -0.39 is 5.91 Å². The van der Waals surface area contributed by atoms with Crippen molar-refractivity contribution in [3.63, 3.8) is 0 Å². The molecule has 1 aliphatic rings. The van der Waals surface area contributed by atoms with Gasteiger partial charge in [0, 0.05) is 31.2 Å². The molecule has 0 saturated carbocycles. The van der Waals surface area contributed by atoms with Gasteiger partial charge in [-0.2, -0.15) is 0 Å². The van der Waals surface area contributed by atoms with E-state index in [4.69, 9.17) is 16.3 Å². The summed E-state index contributed by atoms with van der Waals surface area (Å²) in [5.74, 6) is -0.000974. The van der Waals surface area contributed by atoms with Crippen LogP contribution in [-0.2, 0) is 9.59 Å². The number of hydrogen-bond acceptors (Lipinski definition) is 6. The van der Waals surface area contributed by atoms with Crippen molar-refractivity contribution in [2.45, 2.75) is 0 Å². The summed E-state index contributed by atoms with van der Waals surface area (Å²) in [7, 11) is 0. The number of ether oxygens (including phenoxy) is 1. The highest BCUT2D eigenvalue weighted by Crippen LogP contribution is 2.27. The first kappa shape index (κ1) is 20.8. The van der Waals surface area contributed by atoms with Crippen molar-refractivity contribution in [3.8, 4) is 11.5 Å². The van der Waals surface area contributed by atoms with Crippen LogP contribution in [0, 0.1) is 0 Å². The molecule has 1 heterocycles. The zero-order valence-electron chi connectivity index (χ0n) is 15.8. The molecule has 0 atom stereocenters. The normalized spacial score (nSPS) is 14.3. The number of rotatable bonds is 6. The van der Waals surface area contributed by atoms with Crippen molar-refractivity contribution in [1.29, 1.82) is 0 Å². The van der Waals surface area contributed by atoms with E-state index in [-0.39, 0.29) is 24.8 Å². The van der Waals surface area contributed by atoms with E-state index in [1.165, 1.54) is 0 Å². The zero-order valence-corrected chi connectivity index (χ0v) is 16.6. The van der Waals surface area contributed by atoms with Crippen molar-refractivity contribution in [1.82, 2.24) is 15.8 Å². The van der Waals surface area contributed by atoms with Crippen LogP contribution in [0.1, 0.15) is 0 Å². The number of aromatic hydroxyl groups is 1. The molecule has 1 saturated heterocycles. The molecular weight excluding hydrogens is 396 g/mol. The Morgan fingerprint density at radius 3 is 2.31 bits per heavy atom. The Kier molecular flexibility index (Phi) is 7.15. The van der Waals surface area contributed by atoms with Crippen LogP contribution in [0.2, 0.25) is 5.02 Å². The molecule has 8 nitrogen and oxygen atoms in total. The molecule has 0 unspecified atom stereocenters. The first-order valence-corrected chi connectivity index (χ1v) is 9.60. The van der Waals surface area contributed by atoms with Gasteiger partial charge in [0.25, 0.3) is 11.8 Å². The van der Waals surface area contributed by atoms with E-state index in [1.54, 1.807) is 36.4 Å². The number of piperazine rings is 1. The number of nitrogens with zero attached hydrogens (tertiary/aromatic N) is 2. The molecule has 0 radical (unpaired) electrons. The van der Waals surface area contributed by atoms with Crippen molar-refractivity contribution in [2.75, 3.05) is 44.2 Å². The van der Waals surface area contributed by atoms with Gasteiger partial charge in [-0.3, -0.25) is 25.3 Å². The topological polar surface area (TPSA) is 94.1 Å². The molecule has 29 heavy (non-hydrogen) atoms. The number of carbonyl (C=O) groups excluding carboxylic acids is 2. The first-order valence-electron chi connectivity index (χ1n) is 9.22. The summed E-state index contributed by atoms with van der Waals surface area (Å²) in [6.45, 7) is 2.71. The van der Waals surface area contributed by atoms with E-state index in [9.17, 15) is 14.7 Å². The molecule has 0 spiro atoms. The Balaban J connectivity index is 1.34. The number of phenolic OH excluding ortho intramolecular Hbond substituents is 1. The Hall–Kier alpha value is -2.97. The van der Waals surface area contributed by atoms with Gasteiger partial charge >= 0.3 is 0 Å². The lowest BCUT2D eigenvalue weighted by Gasteiger charge is -2.35. The van der Waals surface area contributed by atoms with Gasteiger partial charge in [0.05, 0.1) is 12.2 Å². The van der Waals surface area contributed by atoms with Crippen LogP contribution in [0.15, 0.2) is 48.5 Å². The molecule has 1 fully saturated rings. The summed E-state index contributed by atoms with van der Waals surface area (Å²) in [4.78, 5) is 27.9. The minimum absolute atomic E-state index is 0.174. The number of hydrazine groups is 1. The Bertz CT molecular complexity index is 839.